The van der Waals surface area contributed by atoms with Crippen LogP contribution >= 0.6 is 27.5 Å². The fourth-order valence-corrected chi connectivity index (χ4v) is 2.14. The number of nitro benzene ring substituents is 1. The highest BCUT2D eigenvalue weighted by Crippen LogP contribution is 2.37. The van der Waals surface area contributed by atoms with Crippen molar-refractivity contribution in [1.29, 1.82) is 0 Å². The zero-order chi connectivity index (χ0) is 14.9. The summed E-state index contributed by atoms with van der Waals surface area (Å²) in [4.78, 5) is 10.4. The first kappa shape index (κ1) is 14.7. The molecule has 0 fully saturated rings. The molecule has 0 spiro atoms. The number of benzene rings is 1. The van der Waals surface area contributed by atoms with Crippen molar-refractivity contribution in [3.8, 4) is 11.6 Å². The lowest BCUT2D eigenvalue weighted by Gasteiger charge is -2.10. The zero-order valence-electron chi connectivity index (χ0n) is 10.6. The van der Waals surface area contributed by atoms with E-state index in [9.17, 15) is 10.1 Å². The molecule has 1 heterocycles. The van der Waals surface area contributed by atoms with Crippen LogP contribution in [-0.2, 0) is 0 Å². The molecule has 2 aromatic rings. The molecule has 0 saturated heterocycles. The predicted octanol–water partition coefficient (Wildman–Crippen LogP) is 4.21. The maximum atomic E-state index is 10.9. The third kappa shape index (κ3) is 2.73. The van der Waals surface area contributed by atoms with Crippen LogP contribution in [0.4, 0.5) is 5.69 Å². The molecular formula is C12H9BrClN3O3. The molecule has 20 heavy (non-hydrogen) atoms. The summed E-state index contributed by atoms with van der Waals surface area (Å²) in [6, 6.07) is 4.51. The van der Waals surface area contributed by atoms with Gasteiger partial charge in [-0.05, 0) is 41.4 Å². The van der Waals surface area contributed by atoms with E-state index in [1.807, 2.05) is 0 Å². The smallest absolute Gasteiger partial charge is 0.287 e. The summed E-state index contributed by atoms with van der Waals surface area (Å²) in [5.41, 5.74) is 1.39. The summed E-state index contributed by atoms with van der Waals surface area (Å²) in [6.07, 6.45) is 0. The maximum absolute atomic E-state index is 10.9. The fourth-order valence-electron chi connectivity index (χ4n) is 1.47. The zero-order valence-corrected chi connectivity index (χ0v) is 12.9. The highest BCUT2D eigenvalue weighted by atomic mass is 79.9. The van der Waals surface area contributed by atoms with E-state index in [0.29, 0.717) is 10.9 Å². The largest absolute Gasteiger partial charge is 0.436 e. The maximum Gasteiger partial charge on any atom is 0.287 e. The molecule has 0 saturated carbocycles. The van der Waals surface area contributed by atoms with Gasteiger partial charge in [0.25, 0.3) is 5.69 Å². The monoisotopic (exact) mass is 357 g/mol. The second-order valence-corrected chi connectivity index (χ2v) is 5.15. The number of aromatic nitrogens is 2. The minimum Gasteiger partial charge on any atom is -0.436 e. The average Bonchev–Trinajstić information content (AvgIpc) is 2.41. The van der Waals surface area contributed by atoms with Crippen molar-refractivity contribution in [3.63, 3.8) is 0 Å². The minimum atomic E-state index is -0.497. The fraction of sp³-hybridized carbons (Fsp3) is 0.167. The van der Waals surface area contributed by atoms with Gasteiger partial charge in [-0.15, -0.1) is 10.2 Å². The quantitative estimate of drug-likeness (QED) is 0.606. The van der Waals surface area contributed by atoms with Gasteiger partial charge in [-0.3, -0.25) is 10.1 Å². The Kier molecular flexibility index (Phi) is 4.20. The van der Waals surface area contributed by atoms with Gasteiger partial charge in [0.15, 0.2) is 10.9 Å². The molecule has 0 unspecified atom stereocenters. The van der Waals surface area contributed by atoms with Crippen molar-refractivity contribution in [2.45, 2.75) is 13.8 Å². The molecule has 0 bridgehead atoms. The Morgan fingerprint density at radius 2 is 2.00 bits per heavy atom. The number of halogens is 2. The third-order valence-corrected chi connectivity index (χ3v) is 3.92. The Hall–Kier alpha value is -1.73. The van der Waals surface area contributed by atoms with Crippen molar-refractivity contribution in [3.05, 3.63) is 49.1 Å². The molecule has 0 aliphatic rings. The van der Waals surface area contributed by atoms with Gasteiger partial charge in [-0.1, -0.05) is 17.7 Å². The lowest BCUT2D eigenvalue weighted by Crippen LogP contribution is -1.99. The Morgan fingerprint density at radius 1 is 1.30 bits per heavy atom. The summed E-state index contributed by atoms with van der Waals surface area (Å²) in [5.74, 6) is 0.548. The van der Waals surface area contributed by atoms with Crippen LogP contribution in [0, 0.1) is 24.0 Å². The van der Waals surface area contributed by atoms with Crippen LogP contribution in [0.15, 0.2) is 22.7 Å². The summed E-state index contributed by atoms with van der Waals surface area (Å²) in [7, 11) is 0. The molecule has 0 amide bonds. The van der Waals surface area contributed by atoms with Crippen LogP contribution in [-0.4, -0.2) is 15.1 Å². The number of ether oxygens (including phenoxy) is 1. The lowest BCUT2D eigenvalue weighted by atomic mass is 10.2. The van der Waals surface area contributed by atoms with Gasteiger partial charge in [-0.25, -0.2) is 0 Å². The third-order valence-electron chi connectivity index (χ3n) is 2.77. The van der Waals surface area contributed by atoms with E-state index in [2.05, 4.69) is 26.1 Å². The number of hydrogen-bond donors (Lipinski definition) is 0. The molecule has 0 N–H and O–H groups in total. The Morgan fingerprint density at radius 3 is 2.65 bits per heavy atom. The number of hydrogen-bond acceptors (Lipinski definition) is 5. The van der Waals surface area contributed by atoms with Gasteiger partial charge in [0, 0.05) is 11.6 Å². The summed E-state index contributed by atoms with van der Waals surface area (Å²) in [6.45, 7) is 3.58. The van der Waals surface area contributed by atoms with Gasteiger partial charge in [-0.2, -0.15) is 0 Å². The molecule has 1 aromatic heterocycles. The van der Waals surface area contributed by atoms with Crippen molar-refractivity contribution in [1.82, 2.24) is 10.2 Å². The van der Waals surface area contributed by atoms with Crippen molar-refractivity contribution in [2.24, 2.45) is 0 Å². The Labute approximate surface area is 128 Å². The van der Waals surface area contributed by atoms with Gasteiger partial charge in [0.2, 0.25) is 5.88 Å². The average molecular weight is 359 g/mol. The number of nitro groups is 1. The molecule has 0 radical (unpaired) electrons. The molecule has 0 aliphatic carbocycles. The van der Waals surface area contributed by atoms with Crippen LogP contribution in [0.3, 0.4) is 0 Å². The van der Waals surface area contributed by atoms with E-state index in [1.54, 1.807) is 19.9 Å². The van der Waals surface area contributed by atoms with Crippen LogP contribution in [0.1, 0.15) is 11.1 Å². The van der Waals surface area contributed by atoms with E-state index in [0.717, 1.165) is 11.1 Å². The topological polar surface area (TPSA) is 78.2 Å². The van der Waals surface area contributed by atoms with Gasteiger partial charge < -0.3 is 4.74 Å². The second-order valence-electron chi connectivity index (χ2n) is 3.99. The summed E-state index contributed by atoms with van der Waals surface area (Å²) >= 11 is 9.02. The van der Waals surface area contributed by atoms with Crippen molar-refractivity contribution >= 4 is 33.2 Å². The van der Waals surface area contributed by atoms with E-state index >= 15 is 0 Å². The first-order valence-electron chi connectivity index (χ1n) is 5.52. The molecule has 104 valence electrons. The normalized spacial score (nSPS) is 10.4. The SMILES string of the molecule is Cc1c(Cl)nnc(Oc2cccc([N+](=O)[O-])c2Br)c1C. The van der Waals surface area contributed by atoms with Crippen molar-refractivity contribution < 1.29 is 9.66 Å². The van der Waals surface area contributed by atoms with Crippen LogP contribution in [0.25, 0.3) is 0 Å². The standard InChI is InChI=1S/C12H9BrClN3O3/c1-6-7(2)12(16-15-11(6)14)20-9-5-3-4-8(10(9)13)17(18)19/h3-5H,1-2H3. The summed E-state index contributed by atoms with van der Waals surface area (Å²) in [5, 5.41) is 18.8. The van der Waals surface area contributed by atoms with Gasteiger partial charge >= 0.3 is 0 Å². The van der Waals surface area contributed by atoms with Crippen LogP contribution < -0.4 is 4.74 Å². The lowest BCUT2D eigenvalue weighted by molar-refractivity contribution is -0.385. The first-order valence-corrected chi connectivity index (χ1v) is 6.69. The first-order chi connectivity index (χ1) is 9.41. The Bertz CT molecular complexity index is 694. The molecule has 1 aromatic carbocycles. The van der Waals surface area contributed by atoms with E-state index < -0.39 is 4.92 Å². The predicted molar refractivity (Wildman–Crippen MR) is 77.4 cm³/mol. The highest BCUT2D eigenvalue weighted by molar-refractivity contribution is 9.10. The molecule has 2 rings (SSSR count). The minimum absolute atomic E-state index is 0.0844. The van der Waals surface area contributed by atoms with Gasteiger partial charge in [0.05, 0.1) is 4.92 Å². The molecule has 0 atom stereocenters. The Balaban J connectivity index is 2.43. The number of rotatable bonds is 3. The van der Waals surface area contributed by atoms with Crippen LogP contribution in [0.5, 0.6) is 11.6 Å². The van der Waals surface area contributed by atoms with Crippen molar-refractivity contribution in [2.75, 3.05) is 0 Å². The molecule has 8 heteroatoms. The molecular weight excluding hydrogens is 350 g/mol. The summed E-state index contributed by atoms with van der Waals surface area (Å²) < 4.78 is 5.83. The van der Waals surface area contributed by atoms with E-state index in [-0.39, 0.29) is 16.0 Å². The van der Waals surface area contributed by atoms with Crippen LogP contribution in [0.2, 0.25) is 5.15 Å². The van der Waals surface area contributed by atoms with E-state index in [4.69, 9.17) is 16.3 Å². The molecule has 6 nitrogen and oxygen atoms in total. The van der Waals surface area contributed by atoms with E-state index in [1.165, 1.54) is 12.1 Å². The molecule has 0 aliphatic heterocycles. The number of nitrogens with zero attached hydrogens (tertiary/aromatic N) is 3. The van der Waals surface area contributed by atoms with Gasteiger partial charge in [0.1, 0.15) is 4.47 Å². The highest BCUT2D eigenvalue weighted by Gasteiger charge is 2.18. The second kappa shape index (κ2) is 5.72.